The van der Waals surface area contributed by atoms with Gasteiger partial charge in [-0.3, -0.25) is 10.1 Å². The number of nitro groups is 1. The van der Waals surface area contributed by atoms with Gasteiger partial charge in [-0.05, 0) is 24.8 Å². The van der Waals surface area contributed by atoms with Crippen molar-refractivity contribution >= 4 is 28.1 Å². The van der Waals surface area contributed by atoms with Crippen LogP contribution in [0.1, 0.15) is 12.8 Å². The maximum Gasteiger partial charge on any atom is 0.273 e. The van der Waals surface area contributed by atoms with Gasteiger partial charge in [-0.15, -0.1) is 12.4 Å². The third kappa shape index (κ3) is 4.07. The van der Waals surface area contributed by atoms with Gasteiger partial charge in [0.15, 0.2) is 0 Å². The average Bonchev–Trinajstić information content (AvgIpc) is 3.28. The number of hydrogen-bond donors (Lipinski definition) is 2. The maximum atomic E-state index is 12.4. The van der Waals surface area contributed by atoms with Gasteiger partial charge in [-0.2, -0.15) is 0 Å². The third-order valence-electron chi connectivity index (χ3n) is 3.40. The Morgan fingerprint density at radius 1 is 1.50 bits per heavy atom. The fourth-order valence-corrected chi connectivity index (χ4v) is 3.56. The number of benzene rings is 1. The van der Waals surface area contributed by atoms with E-state index in [9.17, 15) is 18.5 Å². The van der Waals surface area contributed by atoms with Crippen molar-refractivity contribution in [2.24, 2.45) is 11.7 Å². The number of nitrogens with one attached hydrogen (secondary N) is 1. The normalized spacial score (nSPS) is 15.7. The van der Waals surface area contributed by atoms with E-state index in [1.807, 2.05) is 0 Å². The molecule has 1 aliphatic carbocycles. The number of rotatable bonds is 7. The summed E-state index contributed by atoms with van der Waals surface area (Å²) in [5.41, 5.74) is 5.35. The highest BCUT2D eigenvalue weighted by molar-refractivity contribution is 7.89. The fraction of sp³-hybridized carbons (Fsp3) is 0.500. The Labute approximate surface area is 134 Å². The maximum absolute atomic E-state index is 12.4. The van der Waals surface area contributed by atoms with Gasteiger partial charge in [-0.25, -0.2) is 13.1 Å². The van der Waals surface area contributed by atoms with Crippen molar-refractivity contribution in [2.45, 2.75) is 23.8 Å². The molecule has 1 aromatic rings. The molecule has 10 heteroatoms. The summed E-state index contributed by atoms with van der Waals surface area (Å²) < 4.78 is 32.3. The molecule has 0 radical (unpaired) electrons. The molecule has 1 unspecified atom stereocenters. The molecule has 1 aliphatic rings. The van der Waals surface area contributed by atoms with E-state index in [1.54, 1.807) is 0 Å². The largest absolute Gasteiger partial charge is 0.495 e. The minimum Gasteiger partial charge on any atom is -0.495 e. The van der Waals surface area contributed by atoms with Crippen molar-refractivity contribution < 1.29 is 18.1 Å². The second-order valence-corrected chi connectivity index (χ2v) is 6.58. The summed E-state index contributed by atoms with van der Waals surface area (Å²) in [6.07, 6.45) is 1.89. The molecule has 0 amide bonds. The van der Waals surface area contributed by atoms with E-state index in [0.29, 0.717) is 0 Å². The summed E-state index contributed by atoms with van der Waals surface area (Å²) in [5.74, 6) is 0.192. The summed E-state index contributed by atoms with van der Waals surface area (Å²) in [5, 5.41) is 10.7. The molecule has 1 atom stereocenters. The summed E-state index contributed by atoms with van der Waals surface area (Å²) in [6.45, 7) is 0.208. The van der Waals surface area contributed by atoms with Crippen molar-refractivity contribution in [2.75, 3.05) is 13.7 Å². The van der Waals surface area contributed by atoms with Crippen LogP contribution in [0.25, 0.3) is 0 Å². The van der Waals surface area contributed by atoms with Gasteiger partial charge in [0.2, 0.25) is 10.0 Å². The highest BCUT2D eigenvalue weighted by Gasteiger charge is 2.34. The molecule has 0 bridgehead atoms. The zero-order chi connectivity index (χ0) is 15.6. The SMILES string of the molecule is COc1cc([N+](=O)[O-])ccc1S(=O)(=O)NC(CN)C1CC1.Cl. The summed E-state index contributed by atoms with van der Waals surface area (Å²) >= 11 is 0. The smallest absolute Gasteiger partial charge is 0.273 e. The van der Waals surface area contributed by atoms with E-state index in [2.05, 4.69) is 4.72 Å². The predicted molar refractivity (Wildman–Crippen MR) is 82.8 cm³/mol. The Kier molecular flexibility index (Phi) is 6.12. The third-order valence-corrected chi connectivity index (χ3v) is 4.93. The van der Waals surface area contributed by atoms with Crippen LogP contribution in [0, 0.1) is 16.0 Å². The van der Waals surface area contributed by atoms with Gasteiger partial charge in [0.1, 0.15) is 10.6 Å². The van der Waals surface area contributed by atoms with Crippen molar-refractivity contribution in [3.8, 4) is 5.75 Å². The van der Waals surface area contributed by atoms with Gasteiger partial charge in [-0.1, -0.05) is 0 Å². The van der Waals surface area contributed by atoms with Crippen LogP contribution in [-0.4, -0.2) is 33.0 Å². The number of nitrogens with two attached hydrogens (primary N) is 1. The molecule has 0 spiro atoms. The number of nitrogens with zero attached hydrogens (tertiary/aromatic N) is 1. The van der Waals surface area contributed by atoms with Crippen LogP contribution >= 0.6 is 12.4 Å². The summed E-state index contributed by atoms with van der Waals surface area (Å²) in [7, 11) is -2.58. The Morgan fingerprint density at radius 3 is 2.59 bits per heavy atom. The van der Waals surface area contributed by atoms with E-state index >= 15 is 0 Å². The van der Waals surface area contributed by atoms with E-state index in [-0.39, 0.29) is 47.2 Å². The zero-order valence-electron chi connectivity index (χ0n) is 11.9. The highest BCUT2D eigenvalue weighted by atomic mass is 35.5. The van der Waals surface area contributed by atoms with E-state index in [0.717, 1.165) is 25.0 Å². The first-order valence-electron chi connectivity index (χ1n) is 6.44. The lowest BCUT2D eigenvalue weighted by Crippen LogP contribution is -2.41. The molecule has 2 rings (SSSR count). The molecule has 22 heavy (non-hydrogen) atoms. The van der Waals surface area contributed by atoms with Crippen molar-refractivity contribution in [3.05, 3.63) is 28.3 Å². The first-order valence-corrected chi connectivity index (χ1v) is 7.92. The number of methoxy groups -OCH3 is 1. The molecule has 0 aromatic heterocycles. The van der Waals surface area contributed by atoms with Crippen LogP contribution in [0.2, 0.25) is 0 Å². The van der Waals surface area contributed by atoms with E-state index in [4.69, 9.17) is 10.5 Å². The van der Waals surface area contributed by atoms with Crippen molar-refractivity contribution in [3.63, 3.8) is 0 Å². The van der Waals surface area contributed by atoms with Crippen molar-refractivity contribution in [1.82, 2.24) is 4.72 Å². The standard InChI is InChI=1S/C12H17N3O5S.ClH/c1-20-11-6-9(15(16)17)4-5-12(11)21(18,19)14-10(7-13)8-2-3-8;/h4-6,8,10,14H,2-3,7,13H2,1H3;1H. The Bertz CT molecular complexity index is 648. The lowest BCUT2D eigenvalue weighted by Gasteiger charge is -2.17. The van der Waals surface area contributed by atoms with Crippen LogP contribution < -0.4 is 15.2 Å². The molecular formula is C12H18ClN3O5S. The lowest BCUT2D eigenvalue weighted by atomic mass is 10.2. The number of nitro benzene ring substituents is 1. The number of hydrogen-bond acceptors (Lipinski definition) is 6. The minimum atomic E-state index is -3.84. The molecule has 0 aliphatic heterocycles. The molecular weight excluding hydrogens is 334 g/mol. The monoisotopic (exact) mass is 351 g/mol. The average molecular weight is 352 g/mol. The van der Waals surface area contributed by atoms with Crippen LogP contribution in [0.3, 0.4) is 0 Å². The first kappa shape index (κ1) is 18.6. The van der Waals surface area contributed by atoms with Crippen molar-refractivity contribution in [1.29, 1.82) is 0 Å². The van der Waals surface area contributed by atoms with Gasteiger partial charge in [0.25, 0.3) is 5.69 Å². The summed E-state index contributed by atoms with van der Waals surface area (Å²) in [6, 6.07) is 3.06. The second kappa shape index (κ2) is 7.23. The quantitative estimate of drug-likeness (QED) is 0.558. The Morgan fingerprint density at radius 2 is 2.14 bits per heavy atom. The first-order chi connectivity index (χ1) is 9.89. The molecule has 8 nitrogen and oxygen atoms in total. The van der Waals surface area contributed by atoms with E-state index in [1.165, 1.54) is 13.2 Å². The van der Waals surface area contributed by atoms with Gasteiger partial charge in [0.05, 0.1) is 18.1 Å². The lowest BCUT2D eigenvalue weighted by molar-refractivity contribution is -0.385. The zero-order valence-corrected chi connectivity index (χ0v) is 13.5. The van der Waals surface area contributed by atoms with Gasteiger partial charge < -0.3 is 10.5 Å². The van der Waals surface area contributed by atoms with Crippen LogP contribution in [0.15, 0.2) is 23.1 Å². The minimum absolute atomic E-state index is 0. The van der Waals surface area contributed by atoms with Crippen LogP contribution in [0.5, 0.6) is 5.75 Å². The molecule has 0 heterocycles. The van der Waals surface area contributed by atoms with Gasteiger partial charge >= 0.3 is 0 Å². The molecule has 1 saturated carbocycles. The van der Waals surface area contributed by atoms with Crippen LogP contribution in [0.4, 0.5) is 5.69 Å². The molecule has 3 N–H and O–H groups in total. The second-order valence-electron chi connectivity index (χ2n) is 4.89. The van der Waals surface area contributed by atoms with E-state index < -0.39 is 14.9 Å². The molecule has 1 fully saturated rings. The molecule has 0 saturated heterocycles. The predicted octanol–water partition coefficient (Wildman–Crippen LogP) is 1.04. The Hall–Kier alpha value is -1.42. The van der Waals surface area contributed by atoms with Crippen LogP contribution in [-0.2, 0) is 10.0 Å². The molecule has 124 valence electrons. The number of non-ortho nitro benzene ring substituents is 1. The van der Waals surface area contributed by atoms with Gasteiger partial charge in [0, 0.05) is 18.7 Å². The number of sulfonamides is 1. The molecule has 1 aromatic carbocycles. The Balaban J connectivity index is 0.00000242. The number of ether oxygens (including phenoxy) is 1. The summed E-state index contributed by atoms with van der Waals surface area (Å²) in [4.78, 5) is 9.98. The number of halogens is 1. The topological polar surface area (TPSA) is 125 Å². The fourth-order valence-electron chi connectivity index (χ4n) is 2.09. The highest BCUT2D eigenvalue weighted by Crippen LogP contribution is 2.34.